The van der Waals surface area contributed by atoms with E-state index in [0.717, 1.165) is 19.7 Å². The van der Waals surface area contributed by atoms with Gasteiger partial charge >= 0.3 is 0 Å². The number of likely N-dealkylation sites (tertiary alicyclic amines) is 1. The average molecular weight is 216 g/mol. The first-order valence-electron chi connectivity index (χ1n) is 5.17. The van der Waals surface area contributed by atoms with Gasteiger partial charge in [0.25, 0.3) is 0 Å². The average Bonchev–Trinajstić information content (AvgIpc) is 2.17. The zero-order chi connectivity index (χ0) is 10.6. The molecule has 82 valence electrons. The SMILES string of the molecule is COCC1CCCN(C(C)C(N)=S)C1. The molecule has 0 aliphatic carbocycles. The summed E-state index contributed by atoms with van der Waals surface area (Å²) in [6.07, 6.45) is 2.48. The smallest absolute Gasteiger partial charge is 0.0899 e. The first-order valence-corrected chi connectivity index (χ1v) is 5.58. The van der Waals surface area contributed by atoms with Crippen molar-refractivity contribution in [1.29, 1.82) is 0 Å². The largest absolute Gasteiger partial charge is 0.392 e. The lowest BCUT2D eigenvalue weighted by atomic mass is 9.98. The normalized spacial score (nSPS) is 26.0. The van der Waals surface area contributed by atoms with E-state index in [9.17, 15) is 0 Å². The van der Waals surface area contributed by atoms with Crippen LogP contribution >= 0.6 is 12.2 Å². The van der Waals surface area contributed by atoms with Crippen LogP contribution in [-0.4, -0.2) is 42.7 Å². The Balaban J connectivity index is 2.43. The highest BCUT2D eigenvalue weighted by Gasteiger charge is 2.24. The second kappa shape index (κ2) is 5.63. The molecule has 4 heteroatoms. The quantitative estimate of drug-likeness (QED) is 0.712. The van der Waals surface area contributed by atoms with Gasteiger partial charge in [-0.2, -0.15) is 0 Å². The molecule has 14 heavy (non-hydrogen) atoms. The van der Waals surface area contributed by atoms with Gasteiger partial charge in [0.15, 0.2) is 0 Å². The zero-order valence-corrected chi connectivity index (χ0v) is 9.85. The van der Waals surface area contributed by atoms with Crippen LogP contribution in [0, 0.1) is 5.92 Å². The van der Waals surface area contributed by atoms with Crippen molar-refractivity contribution in [3.63, 3.8) is 0 Å². The van der Waals surface area contributed by atoms with Gasteiger partial charge in [0, 0.05) is 13.7 Å². The number of rotatable bonds is 4. The molecule has 1 fully saturated rings. The summed E-state index contributed by atoms with van der Waals surface area (Å²) < 4.78 is 5.18. The van der Waals surface area contributed by atoms with Crippen LogP contribution in [0.25, 0.3) is 0 Å². The highest BCUT2D eigenvalue weighted by atomic mass is 32.1. The van der Waals surface area contributed by atoms with Gasteiger partial charge in [-0.05, 0) is 32.2 Å². The summed E-state index contributed by atoms with van der Waals surface area (Å²) >= 11 is 5.01. The molecule has 0 saturated carbocycles. The molecule has 3 nitrogen and oxygen atoms in total. The lowest BCUT2D eigenvalue weighted by Gasteiger charge is -2.36. The molecule has 0 aromatic rings. The van der Waals surface area contributed by atoms with Crippen LogP contribution in [0.2, 0.25) is 0 Å². The van der Waals surface area contributed by atoms with Crippen molar-refractivity contribution in [1.82, 2.24) is 4.90 Å². The van der Waals surface area contributed by atoms with Crippen LogP contribution < -0.4 is 5.73 Å². The maximum Gasteiger partial charge on any atom is 0.0899 e. The minimum Gasteiger partial charge on any atom is -0.392 e. The number of hydrogen-bond acceptors (Lipinski definition) is 3. The van der Waals surface area contributed by atoms with E-state index in [1.165, 1.54) is 12.8 Å². The van der Waals surface area contributed by atoms with Crippen LogP contribution in [0.1, 0.15) is 19.8 Å². The van der Waals surface area contributed by atoms with E-state index in [1.807, 2.05) is 0 Å². The molecule has 0 radical (unpaired) electrons. The summed E-state index contributed by atoms with van der Waals surface area (Å²) in [4.78, 5) is 2.96. The van der Waals surface area contributed by atoms with Gasteiger partial charge in [-0.3, -0.25) is 4.90 Å². The van der Waals surface area contributed by atoms with Crippen molar-refractivity contribution < 1.29 is 4.74 Å². The molecule has 1 saturated heterocycles. The minimum absolute atomic E-state index is 0.227. The third-order valence-electron chi connectivity index (χ3n) is 2.91. The third kappa shape index (κ3) is 3.19. The van der Waals surface area contributed by atoms with Crippen molar-refractivity contribution >= 4 is 17.2 Å². The van der Waals surface area contributed by atoms with Gasteiger partial charge in [-0.15, -0.1) is 0 Å². The van der Waals surface area contributed by atoms with Gasteiger partial charge in [0.2, 0.25) is 0 Å². The number of thiocarbonyl (C=S) groups is 1. The molecule has 2 N–H and O–H groups in total. The summed E-state index contributed by atoms with van der Waals surface area (Å²) in [6.45, 7) is 5.10. The zero-order valence-electron chi connectivity index (χ0n) is 9.03. The fourth-order valence-corrected chi connectivity index (χ4v) is 2.15. The lowest BCUT2D eigenvalue weighted by molar-refractivity contribution is 0.0850. The Labute approximate surface area is 91.6 Å². The molecule has 0 aromatic heterocycles. The third-order valence-corrected chi connectivity index (χ3v) is 3.25. The highest BCUT2D eigenvalue weighted by Crippen LogP contribution is 2.18. The van der Waals surface area contributed by atoms with E-state index in [2.05, 4.69) is 11.8 Å². The van der Waals surface area contributed by atoms with E-state index in [1.54, 1.807) is 7.11 Å². The second-order valence-electron chi connectivity index (χ2n) is 4.04. The van der Waals surface area contributed by atoms with Crippen LogP contribution in [-0.2, 0) is 4.74 Å². The van der Waals surface area contributed by atoms with Crippen LogP contribution in [0.4, 0.5) is 0 Å². The first-order chi connectivity index (χ1) is 6.65. The summed E-state index contributed by atoms with van der Waals surface area (Å²) in [5.41, 5.74) is 5.64. The summed E-state index contributed by atoms with van der Waals surface area (Å²) in [7, 11) is 1.76. The molecule has 0 bridgehead atoms. The van der Waals surface area contributed by atoms with Gasteiger partial charge in [-0.25, -0.2) is 0 Å². The molecule has 0 spiro atoms. The molecule has 2 unspecified atom stereocenters. The Morgan fingerprint density at radius 3 is 3.00 bits per heavy atom. The van der Waals surface area contributed by atoms with Crippen molar-refractivity contribution in [2.75, 3.05) is 26.8 Å². The topological polar surface area (TPSA) is 38.5 Å². The summed E-state index contributed by atoms with van der Waals surface area (Å²) in [5, 5.41) is 0. The monoisotopic (exact) mass is 216 g/mol. The summed E-state index contributed by atoms with van der Waals surface area (Å²) in [6, 6.07) is 0.227. The predicted octanol–water partition coefficient (Wildman–Crippen LogP) is 1.02. The second-order valence-corrected chi connectivity index (χ2v) is 4.51. The Bertz CT molecular complexity index is 197. The molecule has 1 rings (SSSR count). The summed E-state index contributed by atoms with van der Waals surface area (Å²) in [5.74, 6) is 0.644. The molecule has 1 aliphatic heterocycles. The number of hydrogen-bond donors (Lipinski definition) is 1. The molecule has 1 aliphatic rings. The van der Waals surface area contributed by atoms with Crippen LogP contribution in [0.5, 0.6) is 0 Å². The maximum absolute atomic E-state index is 5.64. The van der Waals surface area contributed by atoms with Crippen molar-refractivity contribution in [2.24, 2.45) is 11.7 Å². The number of nitrogens with two attached hydrogens (primary N) is 1. The van der Waals surface area contributed by atoms with Crippen LogP contribution in [0.15, 0.2) is 0 Å². The van der Waals surface area contributed by atoms with E-state index in [4.69, 9.17) is 22.7 Å². The predicted molar refractivity (Wildman–Crippen MR) is 62.4 cm³/mol. The standard InChI is InChI=1S/C10H20N2OS/c1-8(10(11)14)12-5-3-4-9(6-12)7-13-2/h8-9H,3-7H2,1-2H3,(H2,11,14). The number of ether oxygens (including phenoxy) is 1. The molecule has 2 atom stereocenters. The molecule has 0 aromatic carbocycles. The molecule has 0 amide bonds. The van der Waals surface area contributed by atoms with E-state index in [0.29, 0.717) is 10.9 Å². The van der Waals surface area contributed by atoms with E-state index < -0.39 is 0 Å². The Morgan fingerprint density at radius 2 is 2.43 bits per heavy atom. The fourth-order valence-electron chi connectivity index (χ4n) is 2.00. The maximum atomic E-state index is 5.64. The lowest BCUT2D eigenvalue weighted by Crippen LogP contribution is -2.47. The Kier molecular flexibility index (Phi) is 4.78. The Hall–Kier alpha value is -0.190. The van der Waals surface area contributed by atoms with E-state index >= 15 is 0 Å². The van der Waals surface area contributed by atoms with Gasteiger partial charge < -0.3 is 10.5 Å². The van der Waals surface area contributed by atoms with Crippen LogP contribution in [0.3, 0.4) is 0 Å². The van der Waals surface area contributed by atoms with Crippen molar-refractivity contribution in [3.8, 4) is 0 Å². The van der Waals surface area contributed by atoms with Gasteiger partial charge in [0.1, 0.15) is 0 Å². The van der Waals surface area contributed by atoms with Crippen molar-refractivity contribution in [3.05, 3.63) is 0 Å². The van der Waals surface area contributed by atoms with Gasteiger partial charge in [-0.1, -0.05) is 12.2 Å². The molecule has 1 heterocycles. The van der Waals surface area contributed by atoms with E-state index in [-0.39, 0.29) is 6.04 Å². The number of methoxy groups -OCH3 is 1. The Morgan fingerprint density at radius 1 is 1.71 bits per heavy atom. The number of piperidine rings is 1. The fraction of sp³-hybridized carbons (Fsp3) is 0.900. The molecular weight excluding hydrogens is 196 g/mol. The minimum atomic E-state index is 0.227. The van der Waals surface area contributed by atoms with Crippen molar-refractivity contribution in [2.45, 2.75) is 25.8 Å². The number of nitrogens with zero attached hydrogens (tertiary/aromatic N) is 1. The molecular formula is C10H20N2OS. The first kappa shape index (κ1) is 11.9. The highest BCUT2D eigenvalue weighted by molar-refractivity contribution is 7.80. The van der Waals surface area contributed by atoms with Gasteiger partial charge in [0.05, 0.1) is 17.6 Å².